The lowest BCUT2D eigenvalue weighted by Gasteiger charge is -2.14. The van der Waals surface area contributed by atoms with E-state index in [1.54, 1.807) is 0 Å². The number of hydrogen-bond acceptors (Lipinski definition) is 5. The largest absolute Gasteiger partial charge is 0.480 e. The predicted octanol–water partition coefficient (Wildman–Crippen LogP) is -1.87. The molecule has 1 atom stereocenters. The number of aliphatic carboxylic acids is 1. The number of amides is 2. The molecule has 0 aliphatic heterocycles. The smallest absolute Gasteiger partial charge is 0.326 e. The van der Waals surface area contributed by atoms with Gasteiger partial charge in [0, 0.05) is 19.3 Å². The van der Waals surface area contributed by atoms with E-state index in [9.17, 15) is 18.0 Å². The summed E-state index contributed by atoms with van der Waals surface area (Å²) in [4.78, 5) is 21.9. The van der Waals surface area contributed by atoms with Crippen LogP contribution in [-0.2, 0) is 14.6 Å². The molecule has 0 spiro atoms. The van der Waals surface area contributed by atoms with Crippen molar-refractivity contribution >= 4 is 21.8 Å². The monoisotopic (exact) mass is 267 g/mol. The van der Waals surface area contributed by atoms with E-state index in [4.69, 9.17) is 10.8 Å². The van der Waals surface area contributed by atoms with E-state index >= 15 is 0 Å². The molecule has 0 rings (SSSR count). The Balaban J connectivity index is 4.25. The highest BCUT2D eigenvalue weighted by Crippen LogP contribution is 1.97. The van der Waals surface area contributed by atoms with Gasteiger partial charge in [-0.1, -0.05) is 0 Å². The molecule has 9 heteroatoms. The zero-order valence-electron chi connectivity index (χ0n) is 9.47. The van der Waals surface area contributed by atoms with E-state index in [0.717, 1.165) is 6.26 Å². The second kappa shape index (κ2) is 7.07. The van der Waals surface area contributed by atoms with Crippen LogP contribution in [0.1, 0.15) is 6.42 Å². The highest BCUT2D eigenvalue weighted by Gasteiger charge is 2.21. The number of carboxylic acid groups (broad SMARTS) is 1. The van der Waals surface area contributed by atoms with Crippen molar-refractivity contribution in [2.75, 3.05) is 25.1 Å². The topological polar surface area (TPSA) is 139 Å². The summed E-state index contributed by atoms with van der Waals surface area (Å²) < 4.78 is 21.8. The number of carboxylic acids is 1. The summed E-state index contributed by atoms with van der Waals surface area (Å²) in [5, 5.41) is 13.3. The molecule has 2 amide bonds. The summed E-state index contributed by atoms with van der Waals surface area (Å²) in [6, 6.07) is -1.92. The van der Waals surface area contributed by atoms with Gasteiger partial charge in [0.15, 0.2) is 0 Å². The van der Waals surface area contributed by atoms with Gasteiger partial charge in [-0.15, -0.1) is 0 Å². The molecule has 17 heavy (non-hydrogen) atoms. The number of sulfone groups is 1. The SMILES string of the molecule is CS(=O)(=O)CCC(NC(=O)NCCN)C(=O)O. The Bertz CT molecular complexity index is 367. The maximum Gasteiger partial charge on any atom is 0.326 e. The first-order chi connectivity index (χ1) is 7.76. The van der Waals surface area contributed by atoms with Gasteiger partial charge in [0.05, 0.1) is 5.75 Å². The first kappa shape index (κ1) is 15.7. The lowest BCUT2D eigenvalue weighted by Crippen LogP contribution is -2.47. The van der Waals surface area contributed by atoms with Crippen molar-refractivity contribution in [1.29, 1.82) is 0 Å². The molecular formula is C8H17N3O5S. The van der Waals surface area contributed by atoms with E-state index in [2.05, 4.69) is 10.6 Å². The number of carbonyl (C=O) groups excluding carboxylic acids is 1. The number of urea groups is 1. The minimum Gasteiger partial charge on any atom is -0.480 e. The Labute approximate surface area is 99.5 Å². The van der Waals surface area contributed by atoms with Crippen LogP contribution in [0.3, 0.4) is 0 Å². The molecular weight excluding hydrogens is 250 g/mol. The zero-order valence-corrected chi connectivity index (χ0v) is 10.3. The van der Waals surface area contributed by atoms with Gasteiger partial charge in [0.25, 0.3) is 0 Å². The third kappa shape index (κ3) is 8.46. The van der Waals surface area contributed by atoms with Gasteiger partial charge in [-0.25, -0.2) is 18.0 Å². The van der Waals surface area contributed by atoms with E-state index < -0.39 is 27.9 Å². The van der Waals surface area contributed by atoms with Crippen LogP contribution < -0.4 is 16.4 Å². The minimum atomic E-state index is -3.26. The number of nitrogens with one attached hydrogen (secondary N) is 2. The van der Waals surface area contributed by atoms with Crippen LogP contribution >= 0.6 is 0 Å². The average Bonchev–Trinajstić information content (AvgIpc) is 2.19. The van der Waals surface area contributed by atoms with E-state index in [1.165, 1.54) is 0 Å². The third-order valence-electron chi connectivity index (χ3n) is 1.81. The molecule has 0 saturated heterocycles. The fourth-order valence-corrected chi connectivity index (χ4v) is 1.65. The number of hydrogen-bond donors (Lipinski definition) is 4. The second-order valence-corrected chi connectivity index (χ2v) is 5.76. The molecule has 5 N–H and O–H groups in total. The molecule has 0 aromatic rings. The van der Waals surface area contributed by atoms with Gasteiger partial charge in [0.2, 0.25) is 0 Å². The molecule has 1 unspecified atom stereocenters. The molecule has 0 bridgehead atoms. The van der Waals surface area contributed by atoms with Gasteiger partial charge < -0.3 is 21.5 Å². The average molecular weight is 267 g/mol. The van der Waals surface area contributed by atoms with Crippen LogP contribution in [0.25, 0.3) is 0 Å². The second-order valence-electron chi connectivity index (χ2n) is 3.50. The van der Waals surface area contributed by atoms with Gasteiger partial charge >= 0.3 is 12.0 Å². The Kier molecular flexibility index (Phi) is 6.51. The Morgan fingerprint density at radius 2 is 2.00 bits per heavy atom. The first-order valence-corrected chi connectivity index (χ1v) is 6.97. The number of rotatable bonds is 7. The van der Waals surface area contributed by atoms with Crippen molar-refractivity contribution < 1.29 is 23.1 Å². The third-order valence-corrected chi connectivity index (χ3v) is 2.79. The standard InChI is InChI=1S/C8H17N3O5S/c1-17(15,16)5-2-6(7(12)13)11-8(14)10-4-3-9/h6H,2-5,9H2,1H3,(H,12,13)(H2,10,11,14). The first-order valence-electron chi connectivity index (χ1n) is 4.91. The Morgan fingerprint density at radius 1 is 1.41 bits per heavy atom. The van der Waals surface area contributed by atoms with Crippen LogP contribution in [-0.4, -0.2) is 56.7 Å². The summed E-state index contributed by atoms with van der Waals surface area (Å²) in [6.07, 6.45) is 0.824. The number of carbonyl (C=O) groups is 2. The molecule has 0 aromatic carbocycles. The molecule has 0 radical (unpaired) electrons. The maximum absolute atomic E-state index is 11.2. The normalized spacial score (nSPS) is 12.8. The molecule has 0 aliphatic carbocycles. The highest BCUT2D eigenvalue weighted by molar-refractivity contribution is 7.90. The van der Waals surface area contributed by atoms with Crippen molar-refractivity contribution in [1.82, 2.24) is 10.6 Å². The van der Waals surface area contributed by atoms with Crippen molar-refractivity contribution in [3.05, 3.63) is 0 Å². The van der Waals surface area contributed by atoms with Gasteiger partial charge in [-0.05, 0) is 6.42 Å². The quantitative estimate of drug-likeness (QED) is 0.426. The maximum atomic E-state index is 11.2. The predicted molar refractivity (Wildman–Crippen MR) is 61.3 cm³/mol. The molecule has 0 aliphatic rings. The number of nitrogens with two attached hydrogens (primary N) is 1. The highest BCUT2D eigenvalue weighted by atomic mass is 32.2. The zero-order chi connectivity index (χ0) is 13.5. The van der Waals surface area contributed by atoms with Crippen LogP contribution in [0.2, 0.25) is 0 Å². The van der Waals surface area contributed by atoms with Gasteiger partial charge in [0.1, 0.15) is 15.9 Å². The molecule has 0 saturated carbocycles. The van der Waals surface area contributed by atoms with E-state index in [-0.39, 0.29) is 25.3 Å². The molecule has 0 fully saturated rings. The van der Waals surface area contributed by atoms with E-state index in [0.29, 0.717) is 0 Å². The van der Waals surface area contributed by atoms with Gasteiger partial charge in [-0.2, -0.15) is 0 Å². The Morgan fingerprint density at radius 3 is 2.41 bits per heavy atom. The lowest BCUT2D eigenvalue weighted by molar-refractivity contribution is -0.139. The molecule has 100 valence electrons. The van der Waals surface area contributed by atoms with Crippen molar-refractivity contribution in [3.63, 3.8) is 0 Å². The lowest BCUT2D eigenvalue weighted by atomic mass is 10.2. The van der Waals surface area contributed by atoms with Crippen molar-refractivity contribution in [2.24, 2.45) is 5.73 Å². The van der Waals surface area contributed by atoms with Crippen LogP contribution in [0, 0.1) is 0 Å². The fraction of sp³-hybridized carbons (Fsp3) is 0.750. The van der Waals surface area contributed by atoms with E-state index in [1.807, 2.05) is 0 Å². The van der Waals surface area contributed by atoms with Crippen molar-refractivity contribution in [3.8, 4) is 0 Å². The summed E-state index contributed by atoms with van der Waals surface area (Å²) >= 11 is 0. The van der Waals surface area contributed by atoms with Crippen LogP contribution in [0.4, 0.5) is 4.79 Å². The molecule has 8 nitrogen and oxygen atoms in total. The summed E-state index contributed by atoms with van der Waals surface area (Å²) in [5.41, 5.74) is 5.15. The summed E-state index contributed by atoms with van der Waals surface area (Å²) in [6.45, 7) is 0.443. The fourth-order valence-electron chi connectivity index (χ4n) is 0.984. The van der Waals surface area contributed by atoms with Gasteiger partial charge in [-0.3, -0.25) is 0 Å². The van der Waals surface area contributed by atoms with Crippen molar-refractivity contribution in [2.45, 2.75) is 12.5 Å². The van der Waals surface area contributed by atoms with Crippen LogP contribution in [0.5, 0.6) is 0 Å². The van der Waals surface area contributed by atoms with Crippen LogP contribution in [0.15, 0.2) is 0 Å². The minimum absolute atomic E-state index is 0.176. The molecule has 0 aromatic heterocycles. The molecule has 0 heterocycles. The Hall–Kier alpha value is -1.35. The summed E-state index contributed by atoms with van der Waals surface area (Å²) in [7, 11) is -3.26. The summed E-state index contributed by atoms with van der Waals surface area (Å²) in [5.74, 6) is -1.59.